The van der Waals surface area contributed by atoms with E-state index in [4.69, 9.17) is 4.74 Å². The largest absolute Gasteiger partial charge is 0.573 e. The van der Waals surface area contributed by atoms with Gasteiger partial charge in [0, 0.05) is 51.3 Å². The summed E-state index contributed by atoms with van der Waals surface area (Å²) >= 11 is 0. The van der Waals surface area contributed by atoms with Crippen LogP contribution in [0.1, 0.15) is 37.2 Å². The number of ether oxygens (including phenoxy) is 2. The van der Waals surface area contributed by atoms with Crippen molar-refractivity contribution < 1.29 is 22.6 Å². The van der Waals surface area contributed by atoms with Gasteiger partial charge in [-0.2, -0.15) is 0 Å². The highest BCUT2D eigenvalue weighted by Gasteiger charge is 2.42. The van der Waals surface area contributed by atoms with Crippen LogP contribution in [0.15, 0.2) is 29.3 Å². The van der Waals surface area contributed by atoms with Crippen molar-refractivity contribution in [2.75, 3.05) is 39.9 Å². The van der Waals surface area contributed by atoms with Gasteiger partial charge >= 0.3 is 6.36 Å². The van der Waals surface area contributed by atoms with Crippen molar-refractivity contribution in [3.05, 3.63) is 29.8 Å². The Hall–Kier alpha value is -1.27. The number of halogens is 4. The van der Waals surface area contributed by atoms with Crippen LogP contribution >= 0.6 is 24.0 Å². The lowest BCUT2D eigenvalue weighted by atomic mass is 10.0. The highest BCUT2D eigenvalue weighted by Crippen LogP contribution is 2.45. The number of hydrogen-bond donors (Lipinski definition) is 2. The topological polar surface area (TPSA) is 58.1 Å². The van der Waals surface area contributed by atoms with E-state index in [1.54, 1.807) is 25.2 Å². The molecule has 6 nitrogen and oxygen atoms in total. The fraction of sp³-hybridized carbons (Fsp3) is 0.682. The second kappa shape index (κ2) is 11.2. The van der Waals surface area contributed by atoms with Crippen LogP contribution in [0.2, 0.25) is 0 Å². The summed E-state index contributed by atoms with van der Waals surface area (Å²) in [6.07, 6.45) is -0.685. The second-order valence-corrected chi connectivity index (χ2v) is 8.70. The van der Waals surface area contributed by atoms with E-state index >= 15 is 0 Å². The normalized spacial score (nSPS) is 27.0. The Labute approximate surface area is 204 Å². The van der Waals surface area contributed by atoms with Gasteiger partial charge < -0.3 is 25.0 Å². The van der Waals surface area contributed by atoms with E-state index in [0.29, 0.717) is 23.5 Å². The third kappa shape index (κ3) is 7.11. The van der Waals surface area contributed by atoms with E-state index in [-0.39, 0.29) is 41.7 Å². The molecule has 3 fully saturated rings. The first-order valence-corrected chi connectivity index (χ1v) is 11.1. The first kappa shape index (κ1) is 25.4. The van der Waals surface area contributed by atoms with Crippen molar-refractivity contribution in [2.45, 2.75) is 50.0 Å². The molecule has 10 heteroatoms. The first-order chi connectivity index (χ1) is 14.9. The van der Waals surface area contributed by atoms with E-state index in [9.17, 15) is 13.2 Å². The predicted octanol–water partition coefficient (Wildman–Crippen LogP) is 3.73. The van der Waals surface area contributed by atoms with E-state index in [2.05, 4.69) is 25.3 Å². The quantitative estimate of drug-likeness (QED) is 0.312. The van der Waals surface area contributed by atoms with Crippen LogP contribution in [0, 0.1) is 5.92 Å². The molecule has 0 aromatic heterocycles. The van der Waals surface area contributed by atoms with Gasteiger partial charge in [0.15, 0.2) is 5.96 Å². The van der Waals surface area contributed by atoms with Crippen LogP contribution in [-0.2, 0) is 4.74 Å². The maximum Gasteiger partial charge on any atom is 0.573 e. The zero-order valence-electron chi connectivity index (χ0n) is 18.2. The smallest absolute Gasteiger partial charge is 0.405 e. The van der Waals surface area contributed by atoms with Gasteiger partial charge in [0.25, 0.3) is 0 Å². The Morgan fingerprint density at radius 2 is 1.94 bits per heavy atom. The Morgan fingerprint density at radius 1 is 1.19 bits per heavy atom. The van der Waals surface area contributed by atoms with Crippen LogP contribution in [0.5, 0.6) is 5.75 Å². The van der Waals surface area contributed by atoms with Gasteiger partial charge in [0.2, 0.25) is 0 Å². The third-order valence-electron chi connectivity index (χ3n) is 6.35. The number of rotatable bonds is 6. The predicted molar refractivity (Wildman–Crippen MR) is 128 cm³/mol. The average molecular weight is 568 g/mol. The molecule has 0 radical (unpaired) electrons. The summed E-state index contributed by atoms with van der Waals surface area (Å²) in [5.74, 6) is 1.24. The molecule has 0 amide bonds. The maximum absolute atomic E-state index is 12.7. The molecule has 3 unspecified atom stereocenters. The number of aliphatic imine (C=N–C) groups is 1. The number of hydrogen-bond acceptors (Lipinski definition) is 4. The SMILES string of the molecule is CN=C(NC1CCN(CC2CCOC2)CC1)NC1CC1c1ccccc1OC(F)(F)F.I. The monoisotopic (exact) mass is 568 g/mol. The van der Waals surface area contributed by atoms with Crippen molar-refractivity contribution in [2.24, 2.45) is 10.9 Å². The summed E-state index contributed by atoms with van der Waals surface area (Å²) in [4.78, 5) is 6.84. The molecule has 0 bridgehead atoms. The molecule has 2 saturated heterocycles. The van der Waals surface area contributed by atoms with Crippen molar-refractivity contribution in [1.82, 2.24) is 15.5 Å². The lowest BCUT2D eigenvalue weighted by molar-refractivity contribution is -0.274. The van der Waals surface area contributed by atoms with Gasteiger partial charge in [-0.25, -0.2) is 0 Å². The minimum atomic E-state index is -4.69. The van der Waals surface area contributed by atoms with E-state index < -0.39 is 6.36 Å². The molecule has 180 valence electrons. The standard InChI is InChI=1S/C22H31F3N4O2.HI/c1-26-21(27-16-6-9-29(10-7-16)13-15-8-11-30-14-15)28-19-12-18(19)17-4-2-3-5-20(17)31-22(23,24)25;/h2-5,15-16,18-19H,6-14H2,1H3,(H2,26,27,28);1H. The van der Waals surface area contributed by atoms with E-state index in [1.807, 2.05) is 0 Å². The molecule has 2 heterocycles. The molecule has 32 heavy (non-hydrogen) atoms. The number of piperidine rings is 1. The van der Waals surface area contributed by atoms with Crippen molar-refractivity contribution >= 4 is 29.9 Å². The number of benzene rings is 1. The molecular formula is C22H32F3IN4O2. The summed E-state index contributed by atoms with van der Waals surface area (Å²) < 4.78 is 47.8. The minimum absolute atomic E-state index is 0. The van der Waals surface area contributed by atoms with Crippen molar-refractivity contribution in [3.8, 4) is 5.75 Å². The number of nitrogens with one attached hydrogen (secondary N) is 2. The Kier molecular flexibility index (Phi) is 8.90. The maximum atomic E-state index is 12.7. The summed E-state index contributed by atoms with van der Waals surface area (Å²) in [6.45, 7) is 5.00. The summed E-state index contributed by atoms with van der Waals surface area (Å²) in [7, 11) is 1.72. The van der Waals surface area contributed by atoms with Gasteiger partial charge in [0.1, 0.15) is 5.75 Å². The lowest BCUT2D eigenvalue weighted by Crippen LogP contribution is -2.49. The third-order valence-corrected chi connectivity index (χ3v) is 6.35. The van der Waals surface area contributed by atoms with Crippen molar-refractivity contribution in [3.63, 3.8) is 0 Å². The number of guanidine groups is 1. The number of likely N-dealkylation sites (tertiary alicyclic amines) is 1. The zero-order valence-corrected chi connectivity index (χ0v) is 20.6. The van der Waals surface area contributed by atoms with E-state index in [1.165, 1.54) is 6.07 Å². The lowest BCUT2D eigenvalue weighted by Gasteiger charge is -2.34. The molecular weight excluding hydrogens is 536 g/mol. The molecule has 1 aromatic carbocycles. The van der Waals surface area contributed by atoms with Gasteiger partial charge in [-0.1, -0.05) is 18.2 Å². The molecule has 1 aliphatic carbocycles. The number of nitrogens with zero attached hydrogens (tertiary/aromatic N) is 2. The zero-order chi connectivity index (χ0) is 21.8. The van der Waals surface area contributed by atoms with Crippen LogP contribution in [0.3, 0.4) is 0 Å². The van der Waals surface area contributed by atoms with Crippen molar-refractivity contribution in [1.29, 1.82) is 0 Å². The molecule has 2 aliphatic heterocycles. The van der Waals surface area contributed by atoms with Crippen LogP contribution in [0.4, 0.5) is 13.2 Å². The second-order valence-electron chi connectivity index (χ2n) is 8.70. The number of para-hydroxylation sites is 1. The Bertz CT molecular complexity index is 766. The molecule has 4 rings (SSSR count). The average Bonchev–Trinajstić information content (AvgIpc) is 3.29. The highest BCUT2D eigenvalue weighted by atomic mass is 127. The van der Waals surface area contributed by atoms with Gasteiger partial charge in [0.05, 0.1) is 6.61 Å². The molecule has 0 spiro atoms. The van der Waals surface area contributed by atoms with Crippen LogP contribution < -0.4 is 15.4 Å². The Morgan fingerprint density at radius 3 is 2.59 bits per heavy atom. The number of alkyl halides is 3. The molecule has 3 aliphatic rings. The Balaban J connectivity index is 0.00000289. The summed E-state index contributed by atoms with van der Waals surface area (Å²) in [6, 6.07) is 6.77. The van der Waals surface area contributed by atoms with Gasteiger partial charge in [-0.3, -0.25) is 4.99 Å². The molecule has 2 N–H and O–H groups in total. The van der Waals surface area contributed by atoms with E-state index in [0.717, 1.165) is 58.5 Å². The fourth-order valence-electron chi connectivity index (χ4n) is 4.59. The highest BCUT2D eigenvalue weighted by molar-refractivity contribution is 14.0. The molecule has 3 atom stereocenters. The van der Waals surface area contributed by atoms with Gasteiger partial charge in [-0.05, 0) is 43.2 Å². The summed E-state index contributed by atoms with van der Waals surface area (Å²) in [5.41, 5.74) is 0.581. The summed E-state index contributed by atoms with van der Waals surface area (Å²) in [5, 5.41) is 6.86. The van der Waals surface area contributed by atoms with Gasteiger partial charge in [-0.15, -0.1) is 37.1 Å². The molecule has 1 saturated carbocycles. The first-order valence-electron chi connectivity index (χ1n) is 11.1. The minimum Gasteiger partial charge on any atom is -0.405 e. The van der Waals surface area contributed by atoms with Crippen LogP contribution in [-0.4, -0.2) is 69.2 Å². The fourth-order valence-corrected chi connectivity index (χ4v) is 4.59. The molecule has 1 aromatic rings. The van der Waals surface area contributed by atoms with Crippen LogP contribution in [0.25, 0.3) is 0 Å².